The minimum Gasteiger partial charge on any atom is -0.387 e. The molecule has 39 heavy (non-hydrogen) atoms. The molecule has 0 radical (unpaired) electrons. The van der Waals surface area contributed by atoms with E-state index in [0.717, 1.165) is 24.7 Å². The lowest BCUT2D eigenvalue weighted by Crippen LogP contribution is -2.57. The molecule has 2 heterocycles. The first kappa shape index (κ1) is 28.5. The number of aliphatic hydroxyl groups is 1. The lowest BCUT2D eigenvalue weighted by atomic mass is 9.92. The van der Waals surface area contributed by atoms with E-state index in [9.17, 15) is 23.1 Å². The van der Waals surface area contributed by atoms with Crippen LogP contribution in [-0.2, 0) is 19.4 Å². The van der Waals surface area contributed by atoms with Crippen molar-refractivity contribution in [3.8, 4) is 0 Å². The van der Waals surface area contributed by atoms with E-state index in [1.807, 2.05) is 26.8 Å². The molecule has 0 aliphatic carbocycles. The number of hydrazine groups is 1. The average molecular weight is 550 g/mol. The first-order valence-electron chi connectivity index (χ1n) is 12.9. The van der Waals surface area contributed by atoms with Crippen molar-refractivity contribution < 1.29 is 23.1 Å². The van der Waals surface area contributed by atoms with Gasteiger partial charge in [-0.1, -0.05) is 53.6 Å². The van der Waals surface area contributed by atoms with Crippen molar-refractivity contribution >= 4 is 33.0 Å². The second kappa shape index (κ2) is 11.7. The number of sulfone groups is 1. The smallest absolute Gasteiger partial charge is 0.254 e. The van der Waals surface area contributed by atoms with Gasteiger partial charge in [-0.15, -0.1) is 0 Å². The Morgan fingerprint density at radius 2 is 1.67 bits per heavy atom. The van der Waals surface area contributed by atoms with Crippen LogP contribution < -0.4 is 10.3 Å². The third-order valence-corrected chi connectivity index (χ3v) is 8.04. The normalized spacial score (nSPS) is 22.5. The number of allylic oxidation sites excluding steroid dienone is 3. The number of rotatable bonds is 9. The molecule has 4 atom stereocenters. The number of imide groups is 1. The highest BCUT2D eigenvalue weighted by Crippen LogP contribution is 2.36. The Morgan fingerprint density at radius 3 is 2.28 bits per heavy atom. The van der Waals surface area contributed by atoms with Gasteiger partial charge in [0, 0.05) is 11.9 Å². The number of anilines is 2. The molecule has 2 aliphatic rings. The Labute approximate surface area is 230 Å². The fourth-order valence-corrected chi connectivity index (χ4v) is 5.54. The van der Waals surface area contributed by atoms with E-state index in [1.165, 1.54) is 22.6 Å². The highest BCUT2D eigenvalue weighted by molar-refractivity contribution is 7.90. The highest BCUT2D eigenvalue weighted by Gasteiger charge is 2.53. The van der Waals surface area contributed by atoms with Crippen LogP contribution in [0.2, 0.25) is 0 Å². The third-order valence-electron chi connectivity index (χ3n) is 6.91. The Bertz CT molecular complexity index is 1410. The number of hydrogen-bond donors (Lipinski definition) is 2. The number of fused-ring (bicyclic) bond motifs is 1. The Kier molecular flexibility index (Phi) is 8.54. The number of carbonyl (C=O) groups is 2. The van der Waals surface area contributed by atoms with Crippen molar-refractivity contribution in [1.29, 1.82) is 0 Å². The molecule has 0 saturated carbocycles. The Hall–Kier alpha value is -3.53. The number of aliphatic hydroxyl groups excluding tert-OH is 1. The summed E-state index contributed by atoms with van der Waals surface area (Å²) in [5, 5.41) is 12.9. The number of benzene rings is 2. The van der Waals surface area contributed by atoms with Crippen molar-refractivity contribution in [2.45, 2.75) is 56.7 Å². The molecule has 4 rings (SSSR count). The van der Waals surface area contributed by atoms with Gasteiger partial charge >= 0.3 is 0 Å². The lowest BCUT2D eigenvalue weighted by molar-refractivity contribution is -0.123. The second-order valence-electron chi connectivity index (χ2n) is 10.3. The summed E-state index contributed by atoms with van der Waals surface area (Å²) < 4.78 is 23.8. The zero-order valence-corrected chi connectivity index (χ0v) is 23.4. The summed E-state index contributed by atoms with van der Waals surface area (Å²) in [4.78, 5) is 28.5. The van der Waals surface area contributed by atoms with Gasteiger partial charge in [0.25, 0.3) is 5.91 Å². The standard InChI is InChI=1S/C30H35N3O5S/c1-20(2)9-8-10-21(3)19-27(34)26-18-17-25-28(30(36)32(29(25)35)23-11-6-5-7-12-23)33(26)31-22-13-15-24(16-14-22)39(4,37)38/h5-7,9,11-19,25-28,31,34H,8,10H2,1-4H3/t25?,26?,27?,28-/m0/s1. The SMILES string of the molecule is CC(C)=CCCC(C)=CC(O)C1C=CC2C(=O)N(c3ccccc3)C(=O)[C@H]2N1Nc1ccc(S(C)(=O)=O)cc1. The molecule has 2 aliphatic heterocycles. The van der Waals surface area contributed by atoms with Crippen molar-refractivity contribution in [1.82, 2.24) is 5.01 Å². The van der Waals surface area contributed by atoms with Crippen LogP contribution in [0.4, 0.5) is 11.4 Å². The highest BCUT2D eigenvalue weighted by atomic mass is 32.2. The van der Waals surface area contributed by atoms with E-state index in [-0.39, 0.29) is 10.8 Å². The summed E-state index contributed by atoms with van der Waals surface area (Å²) in [5.41, 5.74) is 6.45. The summed E-state index contributed by atoms with van der Waals surface area (Å²) in [5.74, 6) is -1.48. The molecule has 0 aromatic heterocycles. The van der Waals surface area contributed by atoms with Crippen LogP contribution in [0.3, 0.4) is 0 Å². The fraction of sp³-hybridized carbons (Fsp3) is 0.333. The molecule has 2 amide bonds. The van der Waals surface area contributed by atoms with E-state index in [2.05, 4.69) is 11.5 Å². The van der Waals surface area contributed by atoms with Gasteiger partial charge in [-0.05, 0) is 70.0 Å². The largest absolute Gasteiger partial charge is 0.387 e. The van der Waals surface area contributed by atoms with Gasteiger partial charge in [0.2, 0.25) is 5.91 Å². The first-order chi connectivity index (χ1) is 18.5. The number of nitrogens with one attached hydrogen (secondary N) is 1. The molecule has 0 spiro atoms. The molecule has 3 unspecified atom stereocenters. The Balaban J connectivity index is 1.67. The van der Waals surface area contributed by atoms with Gasteiger partial charge < -0.3 is 10.5 Å². The molecule has 2 aromatic rings. The minimum absolute atomic E-state index is 0.165. The average Bonchev–Trinajstić information content (AvgIpc) is 3.14. The van der Waals surface area contributed by atoms with E-state index >= 15 is 0 Å². The maximum absolute atomic E-state index is 13.7. The van der Waals surface area contributed by atoms with Crippen LogP contribution in [0.1, 0.15) is 33.6 Å². The molecule has 8 nitrogen and oxygen atoms in total. The predicted molar refractivity (Wildman–Crippen MR) is 153 cm³/mol. The summed E-state index contributed by atoms with van der Waals surface area (Å²) >= 11 is 0. The molecule has 206 valence electrons. The Morgan fingerprint density at radius 1 is 1.00 bits per heavy atom. The monoisotopic (exact) mass is 549 g/mol. The number of nitrogens with zero attached hydrogens (tertiary/aromatic N) is 2. The summed E-state index contributed by atoms with van der Waals surface area (Å²) in [7, 11) is -3.38. The summed E-state index contributed by atoms with van der Waals surface area (Å²) in [6, 6.07) is 13.4. The van der Waals surface area contributed by atoms with Gasteiger partial charge in [0.15, 0.2) is 9.84 Å². The van der Waals surface area contributed by atoms with E-state index in [1.54, 1.807) is 59.6 Å². The molecule has 0 bridgehead atoms. The van der Waals surface area contributed by atoms with Gasteiger partial charge in [0.05, 0.1) is 28.6 Å². The predicted octanol–water partition coefficient (Wildman–Crippen LogP) is 4.27. The molecular weight excluding hydrogens is 514 g/mol. The minimum atomic E-state index is -3.38. The zero-order valence-electron chi connectivity index (χ0n) is 22.6. The van der Waals surface area contributed by atoms with E-state index < -0.39 is 39.8 Å². The quantitative estimate of drug-likeness (QED) is 0.355. The maximum Gasteiger partial charge on any atom is 0.254 e. The number of para-hydroxylation sites is 1. The fourth-order valence-electron chi connectivity index (χ4n) is 4.91. The number of carbonyl (C=O) groups excluding carboxylic acids is 2. The van der Waals surface area contributed by atoms with E-state index in [4.69, 9.17) is 0 Å². The van der Waals surface area contributed by atoms with Crippen molar-refractivity contribution in [3.63, 3.8) is 0 Å². The van der Waals surface area contributed by atoms with Gasteiger partial charge in [-0.25, -0.2) is 18.3 Å². The van der Waals surface area contributed by atoms with E-state index in [0.29, 0.717) is 11.4 Å². The second-order valence-corrected chi connectivity index (χ2v) is 12.3. The van der Waals surface area contributed by atoms with Crippen molar-refractivity contribution in [2.75, 3.05) is 16.6 Å². The van der Waals surface area contributed by atoms with Crippen LogP contribution in [0.5, 0.6) is 0 Å². The topological polar surface area (TPSA) is 107 Å². The van der Waals surface area contributed by atoms with Crippen LogP contribution in [0.15, 0.2) is 94.9 Å². The summed E-state index contributed by atoms with van der Waals surface area (Å²) in [6.07, 6.45) is 9.19. The molecule has 2 N–H and O–H groups in total. The third kappa shape index (κ3) is 6.38. The maximum atomic E-state index is 13.7. The molecule has 9 heteroatoms. The first-order valence-corrected chi connectivity index (χ1v) is 14.8. The van der Waals surface area contributed by atoms with Gasteiger partial charge in [0.1, 0.15) is 6.04 Å². The van der Waals surface area contributed by atoms with Crippen LogP contribution in [-0.4, -0.2) is 54.8 Å². The molecule has 1 fully saturated rings. The van der Waals surface area contributed by atoms with Crippen LogP contribution >= 0.6 is 0 Å². The zero-order chi connectivity index (χ0) is 28.3. The number of amides is 2. The molecule has 2 aromatic carbocycles. The lowest BCUT2D eigenvalue weighted by Gasteiger charge is -2.40. The van der Waals surface area contributed by atoms with Crippen LogP contribution in [0.25, 0.3) is 0 Å². The molecular formula is C30H35N3O5S. The van der Waals surface area contributed by atoms with Crippen LogP contribution in [0, 0.1) is 5.92 Å². The van der Waals surface area contributed by atoms with Gasteiger partial charge in [-0.3, -0.25) is 9.59 Å². The van der Waals surface area contributed by atoms with Crippen molar-refractivity contribution in [2.24, 2.45) is 5.92 Å². The van der Waals surface area contributed by atoms with Crippen molar-refractivity contribution in [3.05, 3.63) is 90.0 Å². The van der Waals surface area contributed by atoms with Gasteiger partial charge in [-0.2, -0.15) is 0 Å². The number of hydrogen-bond acceptors (Lipinski definition) is 7. The molecule has 1 saturated heterocycles. The summed E-state index contributed by atoms with van der Waals surface area (Å²) in [6.45, 7) is 6.05.